The molecule has 18 heavy (non-hydrogen) atoms. The average Bonchev–Trinajstić information content (AvgIpc) is 2.35. The summed E-state index contributed by atoms with van der Waals surface area (Å²) in [7, 11) is 0. The maximum Gasteiger partial charge on any atom is 0.312 e. The van der Waals surface area contributed by atoms with Crippen LogP contribution in [0.3, 0.4) is 0 Å². The Bertz CT molecular complexity index is 297. The van der Waals surface area contributed by atoms with Crippen molar-refractivity contribution in [3.05, 3.63) is 0 Å². The van der Waals surface area contributed by atoms with E-state index >= 15 is 0 Å². The highest BCUT2D eigenvalue weighted by molar-refractivity contribution is 5.76. The van der Waals surface area contributed by atoms with Crippen molar-refractivity contribution < 1.29 is 9.53 Å². The van der Waals surface area contributed by atoms with Gasteiger partial charge in [-0.1, -0.05) is 13.8 Å². The third-order valence-corrected chi connectivity index (χ3v) is 5.02. The maximum atomic E-state index is 12.3. The first-order chi connectivity index (χ1) is 8.51. The fourth-order valence-electron chi connectivity index (χ4n) is 3.08. The molecule has 1 heterocycles. The molecule has 0 spiro atoms. The number of esters is 1. The number of piperidine rings is 1. The third-order valence-electron chi connectivity index (χ3n) is 5.02. The Morgan fingerprint density at radius 3 is 2.44 bits per heavy atom. The van der Waals surface area contributed by atoms with Gasteiger partial charge in [0.15, 0.2) is 0 Å². The fraction of sp³-hybridized carbons (Fsp3) is 0.933. The molecule has 0 bridgehead atoms. The van der Waals surface area contributed by atoms with Gasteiger partial charge in [0.05, 0.1) is 5.41 Å². The summed E-state index contributed by atoms with van der Waals surface area (Å²) in [6, 6.07) is 0. The van der Waals surface area contributed by atoms with Crippen molar-refractivity contribution in [2.75, 3.05) is 13.1 Å². The van der Waals surface area contributed by atoms with Crippen molar-refractivity contribution in [1.82, 2.24) is 5.32 Å². The molecule has 1 saturated heterocycles. The zero-order valence-electron chi connectivity index (χ0n) is 12.0. The van der Waals surface area contributed by atoms with Crippen LogP contribution in [0.15, 0.2) is 0 Å². The lowest BCUT2D eigenvalue weighted by Gasteiger charge is -2.36. The molecule has 3 nitrogen and oxygen atoms in total. The van der Waals surface area contributed by atoms with Crippen molar-refractivity contribution in [3.8, 4) is 0 Å². The number of nitrogens with one attached hydrogen (secondary N) is 1. The van der Waals surface area contributed by atoms with Gasteiger partial charge in [0, 0.05) is 0 Å². The number of rotatable bonds is 2. The monoisotopic (exact) mass is 253 g/mol. The molecule has 1 saturated carbocycles. The van der Waals surface area contributed by atoms with Crippen LogP contribution >= 0.6 is 0 Å². The van der Waals surface area contributed by atoms with Gasteiger partial charge in [0.25, 0.3) is 0 Å². The van der Waals surface area contributed by atoms with Crippen molar-refractivity contribution in [1.29, 1.82) is 0 Å². The summed E-state index contributed by atoms with van der Waals surface area (Å²) in [6.45, 7) is 8.51. The van der Waals surface area contributed by atoms with E-state index in [1.165, 1.54) is 6.42 Å². The molecule has 0 aromatic rings. The highest BCUT2D eigenvalue weighted by Crippen LogP contribution is 2.34. The molecule has 1 aliphatic carbocycles. The Morgan fingerprint density at radius 2 is 1.83 bits per heavy atom. The van der Waals surface area contributed by atoms with E-state index in [9.17, 15) is 4.79 Å². The fourth-order valence-corrected chi connectivity index (χ4v) is 3.08. The van der Waals surface area contributed by atoms with Crippen LogP contribution in [0.4, 0.5) is 0 Å². The normalized spacial score (nSPS) is 36.1. The molecule has 104 valence electrons. The van der Waals surface area contributed by atoms with Gasteiger partial charge < -0.3 is 10.1 Å². The molecule has 3 heteroatoms. The van der Waals surface area contributed by atoms with Gasteiger partial charge in [-0.15, -0.1) is 0 Å². The number of hydrogen-bond donors (Lipinski definition) is 1. The molecule has 3 unspecified atom stereocenters. The Labute approximate surface area is 111 Å². The lowest BCUT2D eigenvalue weighted by molar-refractivity contribution is -0.165. The quantitative estimate of drug-likeness (QED) is 0.769. The van der Waals surface area contributed by atoms with Gasteiger partial charge in [-0.3, -0.25) is 4.79 Å². The Balaban J connectivity index is 1.87. The van der Waals surface area contributed by atoms with Crippen LogP contribution in [0.2, 0.25) is 0 Å². The summed E-state index contributed by atoms with van der Waals surface area (Å²) < 4.78 is 5.79. The van der Waals surface area contributed by atoms with Gasteiger partial charge >= 0.3 is 5.97 Å². The number of carbonyl (C=O) groups excluding carboxylic acids is 1. The lowest BCUT2D eigenvalue weighted by atomic mass is 9.79. The van der Waals surface area contributed by atoms with Crippen LogP contribution in [-0.4, -0.2) is 25.2 Å². The molecule has 0 aromatic heterocycles. The Hall–Kier alpha value is -0.570. The van der Waals surface area contributed by atoms with E-state index in [2.05, 4.69) is 26.1 Å². The van der Waals surface area contributed by atoms with Crippen LogP contribution in [0.1, 0.15) is 52.9 Å². The summed E-state index contributed by atoms with van der Waals surface area (Å²) in [4.78, 5) is 12.3. The van der Waals surface area contributed by atoms with Crippen LogP contribution in [0.5, 0.6) is 0 Å². The van der Waals surface area contributed by atoms with Crippen LogP contribution in [0, 0.1) is 17.3 Å². The van der Waals surface area contributed by atoms with Crippen molar-refractivity contribution >= 4 is 5.97 Å². The first kappa shape index (κ1) is 13.9. The Kier molecular flexibility index (Phi) is 4.31. The van der Waals surface area contributed by atoms with E-state index in [-0.39, 0.29) is 17.5 Å². The summed E-state index contributed by atoms with van der Waals surface area (Å²) >= 11 is 0. The van der Waals surface area contributed by atoms with Crippen molar-refractivity contribution in [3.63, 3.8) is 0 Å². The molecule has 3 atom stereocenters. The number of carbonyl (C=O) groups is 1. The number of hydrogen-bond acceptors (Lipinski definition) is 3. The lowest BCUT2D eigenvalue weighted by Crippen LogP contribution is -2.42. The second kappa shape index (κ2) is 5.60. The van der Waals surface area contributed by atoms with Gasteiger partial charge in [-0.2, -0.15) is 0 Å². The average molecular weight is 253 g/mol. The standard InChI is InChI=1S/C15H27NO2/c1-11-4-5-13(10-12(11)2)18-14(17)15(3)6-8-16-9-7-15/h11-13,16H,4-10H2,1-3H3. The molecule has 0 amide bonds. The van der Waals surface area contributed by atoms with Crippen LogP contribution in [-0.2, 0) is 9.53 Å². The topological polar surface area (TPSA) is 38.3 Å². The molecule has 1 aliphatic heterocycles. The van der Waals surface area contributed by atoms with Gasteiger partial charge in [0.1, 0.15) is 6.10 Å². The van der Waals surface area contributed by atoms with Gasteiger partial charge in [-0.05, 0) is 64.0 Å². The van der Waals surface area contributed by atoms with E-state index in [0.717, 1.165) is 44.7 Å². The summed E-state index contributed by atoms with van der Waals surface area (Å²) in [5, 5.41) is 3.30. The molecule has 1 N–H and O–H groups in total. The minimum atomic E-state index is -0.252. The van der Waals surface area contributed by atoms with E-state index in [4.69, 9.17) is 4.74 Å². The first-order valence-corrected chi connectivity index (χ1v) is 7.43. The SMILES string of the molecule is CC1CCC(OC(=O)C2(C)CCNCC2)CC1C. The third kappa shape index (κ3) is 3.05. The second-order valence-electron chi connectivity index (χ2n) is 6.61. The molecule has 0 radical (unpaired) electrons. The Morgan fingerprint density at radius 1 is 1.17 bits per heavy atom. The predicted octanol–water partition coefficient (Wildman–Crippen LogP) is 2.74. The second-order valence-corrected chi connectivity index (χ2v) is 6.61. The van der Waals surface area contributed by atoms with E-state index < -0.39 is 0 Å². The zero-order chi connectivity index (χ0) is 13.2. The van der Waals surface area contributed by atoms with Crippen molar-refractivity contribution in [2.24, 2.45) is 17.3 Å². The van der Waals surface area contributed by atoms with Crippen molar-refractivity contribution in [2.45, 2.75) is 59.0 Å². The molecular weight excluding hydrogens is 226 g/mol. The summed E-state index contributed by atoms with van der Waals surface area (Å²) in [6.07, 6.45) is 5.26. The largest absolute Gasteiger partial charge is 0.462 e. The highest BCUT2D eigenvalue weighted by Gasteiger charge is 2.38. The van der Waals surface area contributed by atoms with Gasteiger partial charge in [-0.25, -0.2) is 0 Å². The van der Waals surface area contributed by atoms with Gasteiger partial charge in [0.2, 0.25) is 0 Å². The first-order valence-electron chi connectivity index (χ1n) is 7.43. The predicted molar refractivity (Wildman–Crippen MR) is 72.3 cm³/mol. The minimum Gasteiger partial charge on any atom is -0.462 e. The van der Waals surface area contributed by atoms with Crippen LogP contribution in [0.25, 0.3) is 0 Å². The smallest absolute Gasteiger partial charge is 0.312 e. The van der Waals surface area contributed by atoms with E-state index in [1.807, 2.05) is 0 Å². The van der Waals surface area contributed by atoms with Crippen LogP contribution < -0.4 is 5.32 Å². The molecular formula is C15H27NO2. The molecule has 2 rings (SSSR count). The maximum absolute atomic E-state index is 12.3. The zero-order valence-corrected chi connectivity index (χ0v) is 12.0. The molecule has 0 aromatic carbocycles. The molecule has 2 aliphatic rings. The summed E-state index contributed by atoms with van der Waals surface area (Å²) in [5.41, 5.74) is -0.252. The highest BCUT2D eigenvalue weighted by atomic mass is 16.5. The number of ether oxygens (including phenoxy) is 1. The summed E-state index contributed by atoms with van der Waals surface area (Å²) in [5.74, 6) is 1.49. The minimum absolute atomic E-state index is 0.0377. The van der Waals surface area contributed by atoms with E-state index in [1.54, 1.807) is 0 Å². The van der Waals surface area contributed by atoms with E-state index in [0.29, 0.717) is 5.92 Å². The molecule has 2 fully saturated rings.